The van der Waals surface area contributed by atoms with Crippen LogP contribution in [0.2, 0.25) is 0 Å². The first kappa shape index (κ1) is 11.7. The molecule has 0 aliphatic carbocycles. The summed E-state index contributed by atoms with van der Waals surface area (Å²) in [5.41, 5.74) is -1.45. The van der Waals surface area contributed by atoms with E-state index in [0.717, 1.165) is 0 Å². The summed E-state index contributed by atoms with van der Waals surface area (Å²) >= 11 is 0. The van der Waals surface area contributed by atoms with Crippen molar-refractivity contribution < 1.29 is 18.3 Å². The van der Waals surface area contributed by atoms with Crippen LogP contribution in [0, 0.1) is 5.92 Å². The van der Waals surface area contributed by atoms with E-state index in [1.54, 1.807) is 6.92 Å². The molecule has 3 atom stereocenters. The molecule has 1 N–H and O–H groups in total. The van der Waals surface area contributed by atoms with Gasteiger partial charge in [-0.15, -0.1) is 0 Å². The fourth-order valence-corrected chi connectivity index (χ4v) is 3.72. The van der Waals surface area contributed by atoms with Gasteiger partial charge in [-0.05, 0) is 20.3 Å². The second-order valence-electron chi connectivity index (χ2n) is 4.23. The Morgan fingerprint density at radius 1 is 1.43 bits per heavy atom. The summed E-state index contributed by atoms with van der Waals surface area (Å²) in [5.74, 6) is -0.961. The number of hydrogen-bond acceptors (Lipinski definition) is 4. The molecule has 1 unspecified atom stereocenters. The van der Waals surface area contributed by atoms with Gasteiger partial charge in [0.15, 0.2) is 15.6 Å². The van der Waals surface area contributed by atoms with Crippen molar-refractivity contribution in [2.75, 3.05) is 5.75 Å². The Kier molecular flexibility index (Phi) is 2.75. The molecule has 0 aromatic rings. The Balaban J connectivity index is 3.04. The van der Waals surface area contributed by atoms with E-state index in [1.165, 1.54) is 13.8 Å². The van der Waals surface area contributed by atoms with Gasteiger partial charge in [-0.3, -0.25) is 4.79 Å². The lowest BCUT2D eigenvalue weighted by molar-refractivity contribution is -0.140. The average molecular weight is 220 g/mol. The van der Waals surface area contributed by atoms with Crippen molar-refractivity contribution in [3.63, 3.8) is 0 Å². The molecule has 0 amide bonds. The van der Waals surface area contributed by atoms with Crippen molar-refractivity contribution >= 4 is 15.6 Å². The average Bonchev–Trinajstić information content (AvgIpc) is 2.00. The second-order valence-corrected chi connectivity index (χ2v) is 6.69. The SMILES string of the molecule is CC(=O)C1(O)C[C@H](C)S(=O)(=O)C[C@@H]1C. The molecule has 5 heteroatoms. The van der Waals surface area contributed by atoms with Gasteiger partial charge in [0, 0.05) is 5.92 Å². The predicted octanol–water partition coefficient (Wildman–Crippen LogP) is 0.150. The maximum Gasteiger partial charge on any atom is 0.161 e. The van der Waals surface area contributed by atoms with Gasteiger partial charge in [0.05, 0.1) is 11.0 Å². The van der Waals surface area contributed by atoms with E-state index in [2.05, 4.69) is 0 Å². The number of rotatable bonds is 1. The van der Waals surface area contributed by atoms with Crippen LogP contribution in [-0.4, -0.2) is 35.9 Å². The Morgan fingerprint density at radius 2 is 1.93 bits per heavy atom. The topological polar surface area (TPSA) is 71.4 Å². The zero-order valence-electron chi connectivity index (χ0n) is 8.65. The fourth-order valence-electron chi connectivity index (χ4n) is 1.91. The molecule has 1 aliphatic heterocycles. The van der Waals surface area contributed by atoms with Gasteiger partial charge in [0.2, 0.25) is 0 Å². The number of Topliss-reactive ketones (excluding diaryl/α,β-unsaturated/α-hetero) is 1. The molecule has 1 rings (SSSR count). The molecular formula is C9H16O4S. The van der Waals surface area contributed by atoms with E-state index in [4.69, 9.17) is 0 Å². The van der Waals surface area contributed by atoms with Gasteiger partial charge >= 0.3 is 0 Å². The number of carbonyl (C=O) groups excluding carboxylic acids is 1. The van der Waals surface area contributed by atoms with Crippen molar-refractivity contribution in [3.05, 3.63) is 0 Å². The van der Waals surface area contributed by atoms with E-state index < -0.39 is 26.6 Å². The summed E-state index contributed by atoms with van der Waals surface area (Å²) in [6, 6.07) is 0. The molecule has 1 saturated heterocycles. The van der Waals surface area contributed by atoms with Crippen LogP contribution in [0.1, 0.15) is 27.2 Å². The highest BCUT2D eigenvalue weighted by Gasteiger charge is 2.48. The molecule has 0 aromatic carbocycles. The number of sulfone groups is 1. The Hall–Kier alpha value is -0.420. The molecule has 1 aliphatic rings. The Morgan fingerprint density at radius 3 is 2.36 bits per heavy atom. The lowest BCUT2D eigenvalue weighted by Crippen LogP contribution is -2.54. The molecular weight excluding hydrogens is 204 g/mol. The normalized spacial score (nSPS) is 42.0. The summed E-state index contributed by atoms with van der Waals surface area (Å²) in [6.07, 6.45) is 0.0197. The standard InChI is InChI=1S/C9H16O4S/c1-6-5-14(12,13)7(2)4-9(6,11)8(3)10/h6-7,11H,4-5H2,1-3H3/t6-,7-,9?/m0/s1. The Labute approximate surface area is 84.2 Å². The number of hydrogen-bond donors (Lipinski definition) is 1. The fraction of sp³-hybridized carbons (Fsp3) is 0.889. The largest absolute Gasteiger partial charge is 0.382 e. The molecule has 0 spiro atoms. The predicted molar refractivity (Wildman–Crippen MR) is 52.7 cm³/mol. The van der Waals surface area contributed by atoms with Crippen LogP contribution in [0.5, 0.6) is 0 Å². The molecule has 0 radical (unpaired) electrons. The quantitative estimate of drug-likeness (QED) is 0.682. The van der Waals surface area contributed by atoms with Gasteiger partial charge in [0.1, 0.15) is 5.60 Å². The van der Waals surface area contributed by atoms with E-state index >= 15 is 0 Å². The number of ketones is 1. The summed E-state index contributed by atoms with van der Waals surface area (Å²) in [7, 11) is -3.13. The van der Waals surface area contributed by atoms with Crippen LogP contribution < -0.4 is 0 Å². The molecule has 82 valence electrons. The van der Waals surface area contributed by atoms with Crippen LogP contribution in [0.4, 0.5) is 0 Å². The van der Waals surface area contributed by atoms with E-state index in [1.807, 2.05) is 0 Å². The minimum atomic E-state index is -3.13. The number of carbonyl (C=O) groups is 1. The maximum atomic E-state index is 11.5. The third-order valence-electron chi connectivity index (χ3n) is 3.12. The highest BCUT2D eigenvalue weighted by molar-refractivity contribution is 7.92. The lowest BCUT2D eigenvalue weighted by atomic mass is 9.82. The first-order valence-electron chi connectivity index (χ1n) is 4.65. The van der Waals surface area contributed by atoms with E-state index in [-0.39, 0.29) is 18.0 Å². The molecule has 0 saturated carbocycles. The second kappa shape index (κ2) is 3.31. The molecule has 14 heavy (non-hydrogen) atoms. The lowest BCUT2D eigenvalue weighted by Gasteiger charge is -2.38. The maximum absolute atomic E-state index is 11.5. The zero-order chi connectivity index (χ0) is 11.1. The Bertz CT molecular complexity index is 346. The van der Waals surface area contributed by atoms with Crippen LogP contribution in [0.25, 0.3) is 0 Å². The molecule has 0 aromatic heterocycles. The van der Waals surface area contributed by atoms with Crippen LogP contribution >= 0.6 is 0 Å². The molecule has 4 nitrogen and oxygen atoms in total. The summed E-state index contributed by atoms with van der Waals surface area (Å²) in [6.45, 7) is 4.45. The summed E-state index contributed by atoms with van der Waals surface area (Å²) in [5, 5.41) is 9.37. The van der Waals surface area contributed by atoms with Crippen LogP contribution in [0.15, 0.2) is 0 Å². The van der Waals surface area contributed by atoms with Gasteiger partial charge < -0.3 is 5.11 Å². The first-order valence-corrected chi connectivity index (χ1v) is 6.36. The van der Waals surface area contributed by atoms with Gasteiger partial charge in [0.25, 0.3) is 0 Å². The molecule has 1 fully saturated rings. The van der Waals surface area contributed by atoms with E-state index in [9.17, 15) is 18.3 Å². The van der Waals surface area contributed by atoms with Gasteiger partial charge in [-0.25, -0.2) is 8.42 Å². The van der Waals surface area contributed by atoms with Gasteiger partial charge in [-0.2, -0.15) is 0 Å². The monoisotopic (exact) mass is 220 g/mol. The first-order chi connectivity index (χ1) is 6.20. The minimum absolute atomic E-state index is 0.0197. The number of aliphatic hydroxyl groups is 1. The van der Waals surface area contributed by atoms with Gasteiger partial charge in [-0.1, -0.05) is 6.92 Å². The van der Waals surface area contributed by atoms with Crippen molar-refractivity contribution in [1.29, 1.82) is 0 Å². The highest BCUT2D eigenvalue weighted by Crippen LogP contribution is 2.33. The smallest absolute Gasteiger partial charge is 0.161 e. The minimum Gasteiger partial charge on any atom is -0.382 e. The van der Waals surface area contributed by atoms with Crippen molar-refractivity contribution in [2.45, 2.75) is 38.0 Å². The molecule has 1 heterocycles. The van der Waals surface area contributed by atoms with Crippen LogP contribution in [-0.2, 0) is 14.6 Å². The van der Waals surface area contributed by atoms with Crippen molar-refractivity contribution in [2.24, 2.45) is 5.92 Å². The van der Waals surface area contributed by atoms with E-state index in [0.29, 0.717) is 0 Å². The third kappa shape index (κ3) is 1.70. The van der Waals surface area contributed by atoms with Crippen molar-refractivity contribution in [3.8, 4) is 0 Å². The molecule has 0 bridgehead atoms. The van der Waals surface area contributed by atoms with Crippen LogP contribution in [0.3, 0.4) is 0 Å². The summed E-state index contributed by atoms with van der Waals surface area (Å²) in [4.78, 5) is 11.2. The zero-order valence-corrected chi connectivity index (χ0v) is 9.47. The highest BCUT2D eigenvalue weighted by atomic mass is 32.2. The van der Waals surface area contributed by atoms with Crippen molar-refractivity contribution in [1.82, 2.24) is 0 Å². The third-order valence-corrected chi connectivity index (χ3v) is 5.48. The summed E-state index contributed by atoms with van der Waals surface area (Å²) < 4.78 is 23.0.